The maximum absolute atomic E-state index is 11.3. The van der Waals surface area contributed by atoms with Crippen molar-refractivity contribution >= 4 is 12.1 Å². The van der Waals surface area contributed by atoms with Crippen LogP contribution in [0.1, 0.15) is 20.8 Å². The van der Waals surface area contributed by atoms with Gasteiger partial charge in [0.25, 0.3) is 6.04 Å². The molecule has 0 aromatic rings. The molecule has 74 valence electrons. The van der Waals surface area contributed by atoms with Crippen LogP contribution in [0.15, 0.2) is 0 Å². The molecule has 0 spiro atoms. The zero-order valence-corrected chi connectivity index (χ0v) is 8.53. The van der Waals surface area contributed by atoms with Crippen molar-refractivity contribution in [3.8, 4) is 0 Å². The average Bonchev–Trinajstić information content (AvgIpc) is 2.28. The highest BCUT2D eigenvalue weighted by Crippen LogP contribution is 2.14. The smallest absolute Gasteiger partial charge is 0.415 e. The summed E-state index contributed by atoms with van der Waals surface area (Å²) >= 11 is 0. The number of hydrogen-bond donors (Lipinski definition) is 0. The lowest BCUT2D eigenvalue weighted by Crippen LogP contribution is -2.31. The molecule has 0 fully saturated rings. The van der Waals surface area contributed by atoms with Crippen LogP contribution >= 0.6 is 0 Å². The normalized spacial score (nSPS) is 22.5. The maximum Gasteiger partial charge on any atom is 0.557 e. The third-order valence-corrected chi connectivity index (χ3v) is 2.03. The molecule has 0 aliphatic carbocycles. The Labute approximate surface area is 78.1 Å². The molecule has 0 amide bonds. The number of likely N-dealkylation sites (N-methyl/N-ethyl adjacent to an activating group) is 1. The van der Waals surface area contributed by atoms with Crippen LogP contribution < -0.4 is 0 Å². The first-order valence-corrected chi connectivity index (χ1v) is 4.52. The minimum Gasteiger partial charge on any atom is -0.415 e. The molecule has 0 saturated heterocycles. The number of cyclic esters (lactones) is 1. The van der Waals surface area contributed by atoms with Crippen LogP contribution in [0.5, 0.6) is 0 Å². The molecule has 4 nitrogen and oxygen atoms in total. The second-order valence-corrected chi connectivity index (χ2v) is 3.42. The van der Waals surface area contributed by atoms with Gasteiger partial charge >= 0.3 is 12.1 Å². The number of hydrogen-bond acceptors (Lipinski definition) is 3. The number of carbonyl (C=O) groups excluding carboxylic acids is 1. The van der Waals surface area contributed by atoms with Gasteiger partial charge in [-0.25, -0.2) is 4.79 Å². The summed E-state index contributed by atoms with van der Waals surface area (Å²) in [5.74, 6) is 0.0106. The van der Waals surface area contributed by atoms with Crippen LogP contribution in [0.25, 0.3) is 0 Å². The van der Waals surface area contributed by atoms with Gasteiger partial charge in [0.2, 0.25) is 0 Å². The Balaban J connectivity index is 2.81. The van der Waals surface area contributed by atoms with E-state index in [-0.39, 0.29) is 17.9 Å². The van der Waals surface area contributed by atoms with E-state index >= 15 is 0 Å². The first kappa shape index (κ1) is 10.0. The van der Waals surface area contributed by atoms with E-state index in [1.54, 1.807) is 11.6 Å². The van der Waals surface area contributed by atoms with Gasteiger partial charge in [-0.2, -0.15) is 4.58 Å². The van der Waals surface area contributed by atoms with Crippen molar-refractivity contribution in [2.75, 3.05) is 13.7 Å². The van der Waals surface area contributed by atoms with Gasteiger partial charge in [0.1, 0.15) is 7.05 Å². The third kappa shape index (κ3) is 1.82. The Morgan fingerprint density at radius 1 is 1.62 bits per heavy atom. The highest BCUT2D eigenvalue weighted by atomic mass is 16.7. The molecule has 0 aromatic carbocycles. The molecule has 13 heavy (non-hydrogen) atoms. The molecule has 0 bridgehead atoms. The SMILES string of the molecule is CCOC1=[N+](C)C(C(C)C)C(=O)O1. The summed E-state index contributed by atoms with van der Waals surface area (Å²) in [6, 6.07) is -0.207. The van der Waals surface area contributed by atoms with Crippen molar-refractivity contribution in [1.29, 1.82) is 0 Å². The summed E-state index contributed by atoms with van der Waals surface area (Å²) in [5, 5.41) is 0. The van der Waals surface area contributed by atoms with Gasteiger partial charge in [-0.3, -0.25) is 0 Å². The van der Waals surface area contributed by atoms with E-state index in [0.29, 0.717) is 12.7 Å². The Morgan fingerprint density at radius 3 is 2.62 bits per heavy atom. The van der Waals surface area contributed by atoms with Crippen LogP contribution in [0.2, 0.25) is 0 Å². The number of nitrogens with zero attached hydrogens (tertiary/aromatic N) is 1. The van der Waals surface area contributed by atoms with Crippen molar-refractivity contribution < 1.29 is 18.8 Å². The molecule has 1 unspecified atom stereocenters. The lowest BCUT2D eigenvalue weighted by Gasteiger charge is -2.04. The van der Waals surface area contributed by atoms with Crippen molar-refractivity contribution in [3.05, 3.63) is 0 Å². The molecule has 0 radical (unpaired) electrons. The largest absolute Gasteiger partial charge is 0.557 e. The fraction of sp³-hybridized carbons (Fsp3) is 0.778. The van der Waals surface area contributed by atoms with Crippen molar-refractivity contribution in [3.63, 3.8) is 0 Å². The van der Waals surface area contributed by atoms with Gasteiger partial charge in [-0.15, -0.1) is 0 Å². The standard InChI is InChI=1S/C9H16NO3/c1-5-12-9-10(4)7(6(2)3)8(11)13-9/h6-7H,5H2,1-4H3/q+1. The van der Waals surface area contributed by atoms with Gasteiger partial charge in [-0.1, -0.05) is 13.8 Å². The predicted octanol–water partition coefficient (Wildman–Crippen LogP) is 0.603. The molecule has 0 aromatic heterocycles. The molecule has 4 heteroatoms. The molecule has 1 heterocycles. The number of esters is 1. The van der Waals surface area contributed by atoms with Gasteiger partial charge in [0.15, 0.2) is 0 Å². The van der Waals surface area contributed by atoms with Crippen LogP contribution in [0.4, 0.5) is 0 Å². The maximum atomic E-state index is 11.3. The van der Waals surface area contributed by atoms with E-state index in [1.165, 1.54) is 0 Å². The highest BCUT2D eigenvalue weighted by molar-refractivity contribution is 5.88. The van der Waals surface area contributed by atoms with Crippen LogP contribution in [-0.2, 0) is 14.3 Å². The van der Waals surface area contributed by atoms with E-state index < -0.39 is 0 Å². The van der Waals surface area contributed by atoms with Crippen molar-refractivity contribution in [2.24, 2.45) is 5.92 Å². The Bertz CT molecular complexity index is 245. The highest BCUT2D eigenvalue weighted by Gasteiger charge is 2.44. The van der Waals surface area contributed by atoms with Crippen molar-refractivity contribution in [1.82, 2.24) is 0 Å². The summed E-state index contributed by atoms with van der Waals surface area (Å²) in [7, 11) is 1.81. The predicted molar refractivity (Wildman–Crippen MR) is 47.5 cm³/mol. The zero-order valence-electron chi connectivity index (χ0n) is 8.53. The topological polar surface area (TPSA) is 38.5 Å². The monoisotopic (exact) mass is 186 g/mol. The fourth-order valence-corrected chi connectivity index (χ4v) is 1.46. The molecule has 1 rings (SSSR count). The molecule has 0 saturated carbocycles. The second-order valence-electron chi connectivity index (χ2n) is 3.42. The summed E-state index contributed by atoms with van der Waals surface area (Å²) < 4.78 is 11.9. The van der Waals surface area contributed by atoms with Crippen LogP contribution in [0.3, 0.4) is 0 Å². The number of rotatable bonds is 2. The first-order chi connectivity index (χ1) is 6.07. The van der Waals surface area contributed by atoms with Gasteiger partial charge < -0.3 is 9.47 Å². The summed E-state index contributed by atoms with van der Waals surface area (Å²) in [6.07, 6.45) is 0.325. The molecular weight excluding hydrogens is 170 g/mol. The van der Waals surface area contributed by atoms with Gasteiger partial charge in [0.05, 0.1) is 6.61 Å². The fourth-order valence-electron chi connectivity index (χ4n) is 1.46. The van der Waals surface area contributed by atoms with E-state index in [2.05, 4.69) is 0 Å². The molecule has 1 atom stereocenters. The van der Waals surface area contributed by atoms with Gasteiger partial charge in [0, 0.05) is 5.92 Å². The molecule has 0 N–H and O–H groups in total. The quantitative estimate of drug-likeness (QED) is 0.468. The Morgan fingerprint density at radius 2 is 2.23 bits per heavy atom. The summed E-state index contributed by atoms with van der Waals surface area (Å²) in [4.78, 5) is 11.3. The van der Waals surface area contributed by atoms with Gasteiger partial charge in [-0.05, 0) is 6.92 Å². The summed E-state index contributed by atoms with van der Waals surface area (Å²) in [6.45, 7) is 6.34. The van der Waals surface area contributed by atoms with Crippen LogP contribution in [-0.4, -0.2) is 36.3 Å². The lowest BCUT2D eigenvalue weighted by molar-refractivity contribution is -0.534. The molecule has 1 aliphatic rings. The van der Waals surface area contributed by atoms with Crippen LogP contribution in [0, 0.1) is 5.92 Å². The Kier molecular flexibility index (Phi) is 2.90. The van der Waals surface area contributed by atoms with E-state index in [9.17, 15) is 4.79 Å². The first-order valence-electron chi connectivity index (χ1n) is 4.52. The second kappa shape index (κ2) is 3.77. The molecule has 1 aliphatic heterocycles. The number of ether oxygens (including phenoxy) is 2. The lowest BCUT2D eigenvalue weighted by atomic mass is 10.1. The van der Waals surface area contributed by atoms with Crippen molar-refractivity contribution in [2.45, 2.75) is 26.8 Å². The Hall–Kier alpha value is -1.06. The van der Waals surface area contributed by atoms with E-state index in [4.69, 9.17) is 9.47 Å². The minimum atomic E-state index is -0.221. The van der Waals surface area contributed by atoms with E-state index in [1.807, 2.05) is 20.8 Å². The average molecular weight is 186 g/mol. The minimum absolute atomic E-state index is 0.207. The third-order valence-electron chi connectivity index (χ3n) is 2.03. The van der Waals surface area contributed by atoms with E-state index in [0.717, 1.165) is 0 Å². The number of carbonyl (C=O) groups is 1. The summed E-state index contributed by atoms with van der Waals surface area (Å²) in [5.41, 5.74) is 0. The molecular formula is C9H16NO3+. The zero-order chi connectivity index (χ0) is 10.0.